The number of morpholine rings is 1. The van der Waals surface area contributed by atoms with Crippen molar-refractivity contribution in [3.05, 3.63) is 53.3 Å². The molecule has 0 bridgehead atoms. The zero-order valence-corrected chi connectivity index (χ0v) is 13.2. The second-order valence-electron chi connectivity index (χ2n) is 5.13. The molecule has 0 spiro atoms. The zero-order chi connectivity index (χ0) is 16.1. The molecule has 0 aliphatic carbocycles. The van der Waals surface area contributed by atoms with Crippen LogP contribution in [0.3, 0.4) is 0 Å². The first-order chi connectivity index (χ1) is 11.2. The number of hydrogen-bond donors (Lipinski definition) is 1. The molecule has 6 heteroatoms. The van der Waals surface area contributed by atoms with Gasteiger partial charge in [0.05, 0.1) is 6.61 Å². The van der Waals surface area contributed by atoms with Crippen molar-refractivity contribution in [3.63, 3.8) is 0 Å². The van der Waals surface area contributed by atoms with Crippen LogP contribution < -0.4 is 14.8 Å². The Labute approximate surface area is 139 Å². The summed E-state index contributed by atoms with van der Waals surface area (Å²) < 4.78 is 31.0. The van der Waals surface area contributed by atoms with Crippen molar-refractivity contribution in [1.29, 1.82) is 0 Å². The fourth-order valence-electron chi connectivity index (χ4n) is 2.23. The molecule has 0 amide bonds. The van der Waals surface area contributed by atoms with Gasteiger partial charge in [0.1, 0.15) is 18.5 Å². The number of halogens is 2. The highest BCUT2D eigenvalue weighted by Crippen LogP contribution is 2.34. The van der Waals surface area contributed by atoms with Crippen LogP contribution in [0.2, 0.25) is 5.02 Å². The van der Waals surface area contributed by atoms with Gasteiger partial charge in [-0.2, -0.15) is 0 Å². The molecular weight excluding hydrogens is 321 g/mol. The van der Waals surface area contributed by atoms with E-state index in [1.807, 2.05) is 0 Å². The van der Waals surface area contributed by atoms with Crippen molar-refractivity contribution in [1.82, 2.24) is 5.32 Å². The minimum atomic E-state index is -0.486. The fourth-order valence-corrected chi connectivity index (χ4v) is 2.36. The molecule has 1 heterocycles. The summed E-state index contributed by atoms with van der Waals surface area (Å²) in [5.74, 6) is 0.396. The lowest BCUT2D eigenvalue weighted by atomic mass is 10.3. The van der Waals surface area contributed by atoms with Crippen LogP contribution in [-0.4, -0.2) is 32.4 Å². The Morgan fingerprint density at radius 3 is 2.78 bits per heavy atom. The molecule has 1 aliphatic heterocycles. The smallest absolute Gasteiger partial charge is 0.204 e. The van der Waals surface area contributed by atoms with Gasteiger partial charge in [0, 0.05) is 18.1 Å². The van der Waals surface area contributed by atoms with Gasteiger partial charge in [-0.25, -0.2) is 4.39 Å². The van der Waals surface area contributed by atoms with Gasteiger partial charge in [0.2, 0.25) is 5.75 Å². The summed E-state index contributed by atoms with van der Waals surface area (Å²) in [5, 5.41) is 3.81. The van der Waals surface area contributed by atoms with E-state index in [2.05, 4.69) is 5.32 Å². The predicted molar refractivity (Wildman–Crippen MR) is 86.0 cm³/mol. The quantitative estimate of drug-likeness (QED) is 0.904. The van der Waals surface area contributed by atoms with Crippen LogP contribution in [0.5, 0.6) is 17.2 Å². The summed E-state index contributed by atoms with van der Waals surface area (Å²) in [4.78, 5) is 0. The Morgan fingerprint density at radius 2 is 2.04 bits per heavy atom. The lowest BCUT2D eigenvalue weighted by Gasteiger charge is -2.24. The molecule has 1 fully saturated rings. The molecule has 1 aliphatic rings. The van der Waals surface area contributed by atoms with E-state index in [0.29, 0.717) is 36.3 Å². The van der Waals surface area contributed by atoms with Gasteiger partial charge in [0.25, 0.3) is 0 Å². The van der Waals surface area contributed by atoms with E-state index in [-0.39, 0.29) is 11.9 Å². The van der Waals surface area contributed by atoms with E-state index in [1.165, 1.54) is 6.07 Å². The van der Waals surface area contributed by atoms with Crippen LogP contribution in [0.4, 0.5) is 4.39 Å². The van der Waals surface area contributed by atoms with Crippen molar-refractivity contribution in [2.24, 2.45) is 0 Å². The number of para-hydroxylation sites is 1. The molecule has 3 rings (SSSR count). The van der Waals surface area contributed by atoms with Gasteiger partial charge in [-0.05, 0) is 36.4 Å². The van der Waals surface area contributed by atoms with E-state index in [1.54, 1.807) is 36.4 Å². The lowest BCUT2D eigenvalue weighted by Crippen LogP contribution is -2.41. The third-order valence-electron chi connectivity index (χ3n) is 3.39. The van der Waals surface area contributed by atoms with Gasteiger partial charge in [0.15, 0.2) is 11.6 Å². The molecule has 2 aromatic carbocycles. The van der Waals surface area contributed by atoms with E-state index in [9.17, 15) is 4.39 Å². The second kappa shape index (κ2) is 7.64. The fraction of sp³-hybridized carbons (Fsp3) is 0.294. The Balaban J connectivity index is 1.72. The number of rotatable bonds is 5. The summed E-state index contributed by atoms with van der Waals surface area (Å²) in [5.41, 5.74) is 0. The number of hydrogen-bond acceptors (Lipinski definition) is 4. The Kier molecular flexibility index (Phi) is 5.33. The van der Waals surface area contributed by atoms with Crippen molar-refractivity contribution < 1.29 is 18.6 Å². The van der Waals surface area contributed by atoms with Crippen LogP contribution in [0.25, 0.3) is 0 Å². The van der Waals surface area contributed by atoms with Gasteiger partial charge >= 0.3 is 0 Å². The Morgan fingerprint density at radius 1 is 1.22 bits per heavy atom. The number of ether oxygens (including phenoxy) is 3. The van der Waals surface area contributed by atoms with Gasteiger partial charge < -0.3 is 19.5 Å². The second-order valence-corrected chi connectivity index (χ2v) is 5.57. The molecule has 23 heavy (non-hydrogen) atoms. The molecule has 0 saturated carbocycles. The van der Waals surface area contributed by atoms with Crippen molar-refractivity contribution in [2.75, 3.05) is 26.3 Å². The largest absolute Gasteiger partial charge is 0.487 e. The van der Waals surface area contributed by atoms with E-state index >= 15 is 0 Å². The van der Waals surface area contributed by atoms with Crippen molar-refractivity contribution >= 4 is 11.6 Å². The van der Waals surface area contributed by atoms with E-state index in [0.717, 1.165) is 6.54 Å². The molecule has 1 saturated heterocycles. The maximum absolute atomic E-state index is 14.1. The highest BCUT2D eigenvalue weighted by atomic mass is 35.5. The monoisotopic (exact) mass is 337 g/mol. The number of benzene rings is 2. The van der Waals surface area contributed by atoms with Gasteiger partial charge in [-0.1, -0.05) is 17.7 Å². The third-order valence-corrected chi connectivity index (χ3v) is 3.65. The summed E-state index contributed by atoms with van der Waals surface area (Å²) in [6, 6.07) is 11.3. The first-order valence-corrected chi connectivity index (χ1v) is 7.77. The van der Waals surface area contributed by atoms with Crippen molar-refractivity contribution in [3.8, 4) is 17.2 Å². The standard InChI is InChI=1S/C17H17ClFNO3/c18-12-4-6-13(7-5-12)23-17-15(19)2-1-3-16(17)22-11-14-10-20-8-9-21-14/h1-7,14,20H,8-11H2/t14-/m0/s1. The van der Waals surface area contributed by atoms with E-state index in [4.69, 9.17) is 25.8 Å². The molecule has 4 nitrogen and oxygen atoms in total. The lowest BCUT2D eigenvalue weighted by molar-refractivity contribution is -0.000273. The van der Waals surface area contributed by atoms with Crippen molar-refractivity contribution in [2.45, 2.75) is 6.10 Å². The van der Waals surface area contributed by atoms with Crippen LogP contribution in [0, 0.1) is 5.82 Å². The average molecular weight is 338 g/mol. The minimum Gasteiger partial charge on any atom is -0.487 e. The van der Waals surface area contributed by atoms with Crippen LogP contribution >= 0.6 is 11.6 Å². The number of nitrogens with one attached hydrogen (secondary N) is 1. The molecule has 122 valence electrons. The van der Waals surface area contributed by atoms with E-state index < -0.39 is 5.82 Å². The summed E-state index contributed by atoms with van der Waals surface area (Å²) in [7, 11) is 0. The minimum absolute atomic E-state index is 0.0543. The normalized spacial score (nSPS) is 17.7. The molecule has 2 aromatic rings. The zero-order valence-electron chi connectivity index (χ0n) is 12.4. The van der Waals surface area contributed by atoms with Gasteiger partial charge in [-0.15, -0.1) is 0 Å². The van der Waals surface area contributed by atoms with Crippen LogP contribution in [0.15, 0.2) is 42.5 Å². The molecule has 0 radical (unpaired) electrons. The highest BCUT2D eigenvalue weighted by molar-refractivity contribution is 6.30. The maximum atomic E-state index is 14.1. The SMILES string of the molecule is Fc1cccc(OC[C@@H]2CNCCO2)c1Oc1ccc(Cl)cc1. The third kappa shape index (κ3) is 4.34. The van der Waals surface area contributed by atoms with Crippen LogP contribution in [-0.2, 0) is 4.74 Å². The molecule has 1 N–H and O–H groups in total. The topological polar surface area (TPSA) is 39.7 Å². The summed E-state index contributed by atoms with van der Waals surface area (Å²) in [6.07, 6.45) is -0.0598. The van der Waals surface area contributed by atoms with Crippen LogP contribution in [0.1, 0.15) is 0 Å². The first-order valence-electron chi connectivity index (χ1n) is 7.39. The Bertz CT molecular complexity index is 645. The van der Waals surface area contributed by atoms with Gasteiger partial charge in [-0.3, -0.25) is 0 Å². The first kappa shape index (κ1) is 16.1. The summed E-state index contributed by atoms with van der Waals surface area (Å²) in [6.45, 7) is 2.52. The Hall–Kier alpha value is -1.82. The molecular formula is C17H17ClFNO3. The maximum Gasteiger partial charge on any atom is 0.204 e. The highest BCUT2D eigenvalue weighted by Gasteiger charge is 2.17. The summed E-state index contributed by atoms with van der Waals surface area (Å²) >= 11 is 5.84. The average Bonchev–Trinajstić information content (AvgIpc) is 2.58. The molecule has 0 aromatic heterocycles. The molecule has 0 unspecified atom stereocenters. The molecule has 1 atom stereocenters. The predicted octanol–water partition coefficient (Wildman–Crippen LogP) is 3.64.